The van der Waals surface area contributed by atoms with Crippen LogP contribution in [0.4, 0.5) is 0 Å². The third-order valence-corrected chi connectivity index (χ3v) is 3.23. The molecule has 1 unspecified atom stereocenters. The van der Waals surface area contributed by atoms with Gasteiger partial charge in [-0.3, -0.25) is 0 Å². The molecule has 1 saturated heterocycles. The van der Waals surface area contributed by atoms with E-state index < -0.39 is 0 Å². The first-order valence-electron chi connectivity index (χ1n) is 7.01. The first-order valence-corrected chi connectivity index (χ1v) is 7.01. The van der Waals surface area contributed by atoms with Crippen molar-refractivity contribution in [3.63, 3.8) is 0 Å². The summed E-state index contributed by atoms with van der Waals surface area (Å²) in [6, 6.07) is 0.622. The fourth-order valence-electron chi connectivity index (χ4n) is 2.23. The molecule has 1 atom stereocenters. The number of ether oxygens (including phenoxy) is 1. The monoisotopic (exact) mass is 253 g/mol. The standard InChI is InChI=1S/C13H23N3O2/c1-2-5-12-15-13(18-16-12)10-17-9-7-11-6-3-4-8-14-11/h11,14H,2-10H2,1H3. The lowest BCUT2D eigenvalue weighted by Crippen LogP contribution is -2.34. The summed E-state index contributed by atoms with van der Waals surface area (Å²) in [6.45, 7) is 4.44. The molecule has 0 saturated carbocycles. The van der Waals surface area contributed by atoms with Crippen LogP contribution in [-0.2, 0) is 17.8 Å². The molecule has 0 aromatic carbocycles. The average Bonchev–Trinajstić information content (AvgIpc) is 2.84. The lowest BCUT2D eigenvalue weighted by molar-refractivity contribution is 0.0877. The van der Waals surface area contributed by atoms with Crippen LogP contribution in [0.15, 0.2) is 4.52 Å². The second-order valence-corrected chi connectivity index (χ2v) is 4.84. The van der Waals surface area contributed by atoms with Gasteiger partial charge in [-0.05, 0) is 32.2 Å². The van der Waals surface area contributed by atoms with Crippen molar-refractivity contribution >= 4 is 0 Å². The molecule has 0 amide bonds. The van der Waals surface area contributed by atoms with Gasteiger partial charge in [-0.25, -0.2) is 0 Å². The van der Waals surface area contributed by atoms with Crippen molar-refractivity contribution in [1.29, 1.82) is 0 Å². The van der Waals surface area contributed by atoms with E-state index in [9.17, 15) is 0 Å². The van der Waals surface area contributed by atoms with Crippen molar-refractivity contribution in [3.8, 4) is 0 Å². The van der Waals surface area contributed by atoms with Crippen LogP contribution < -0.4 is 5.32 Å². The average molecular weight is 253 g/mol. The molecule has 1 aromatic heterocycles. The smallest absolute Gasteiger partial charge is 0.252 e. The topological polar surface area (TPSA) is 60.2 Å². The highest BCUT2D eigenvalue weighted by molar-refractivity contribution is 4.84. The highest BCUT2D eigenvalue weighted by atomic mass is 16.5. The molecule has 18 heavy (non-hydrogen) atoms. The highest BCUT2D eigenvalue weighted by Gasteiger charge is 2.12. The Bertz CT molecular complexity index is 335. The second-order valence-electron chi connectivity index (χ2n) is 4.84. The molecule has 5 nitrogen and oxygen atoms in total. The molecule has 2 heterocycles. The number of aryl methyl sites for hydroxylation is 1. The Morgan fingerprint density at radius 2 is 2.39 bits per heavy atom. The Morgan fingerprint density at radius 3 is 3.17 bits per heavy atom. The fourth-order valence-corrected chi connectivity index (χ4v) is 2.23. The third kappa shape index (κ3) is 4.38. The molecule has 0 bridgehead atoms. The molecule has 102 valence electrons. The molecule has 2 rings (SSSR count). The van der Waals surface area contributed by atoms with Crippen LogP contribution in [0.1, 0.15) is 50.7 Å². The molecule has 0 radical (unpaired) electrons. The molecule has 1 aromatic rings. The highest BCUT2D eigenvalue weighted by Crippen LogP contribution is 2.10. The summed E-state index contributed by atoms with van der Waals surface area (Å²) in [6.07, 6.45) is 6.88. The van der Waals surface area contributed by atoms with Crippen molar-refractivity contribution < 1.29 is 9.26 Å². The molecular weight excluding hydrogens is 230 g/mol. The van der Waals surface area contributed by atoms with Crippen LogP contribution in [0.5, 0.6) is 0 Å². The van der Waals surface area contributed by atoms with Crippen LogP contribution >= 0.6 is 0 Å². The summed E-state index contributed by atoms with van der Waals surface area (Å²) in [7, 11) is 0. The van der Waals surface area contributed by atoms with E-state index in [1.807, 2.05) is 0 Å². The maximum Gasteiger partial charge on any atom is 0.252 e. The summed E-state index contributed by atoms with van der Waals surface area (Å²) in [4.78, 5) is 4.27. The van der Waals surface area contributed by atoms with Gasteiger partial charge in [0.25, 0.3) is 5.89 Å². The first kappa shape index (κ1) is 13.5. The molecule has 0 aliphatic carbocycles. The van der Waals surface area contributed by atoms with Crippen molar-refractivity contribution in [2.45, 2.75) is 58.1 Å². The van der Waals surface area contributed by atoms with Crippen molar-refractivity contribution in [2.75, 3.05) is 13.2 Å². The maximum absolute atomic E-state index is 5.58. The van der Waals surface area contributed by atoms with Gasteiger partial charge in [0.15, 0.2) is 5.82 Å². The van der Waals surface area contributed by atoms with Crippen LogP contribution in [0, 0.1) is 0 Å². The Morgan fingerprint density at radius 1 is 1.44 bits per heavy atom. The first-order chi connectivity index (χ1) is 8.88. The van der Waals surface area contributed by atoms with Crippen LogP contribution in [0.3, 0.4) is 0 Å². The summed E-state index contributed by atoms with van der Waals surface area (Å²) < 4.78 is 10.7. The van der Waals surface area contributed by atoms with E-state index in [0.717, 1.165) is 38.2 Å². The normalized spacial score (nSPS) is 20.2. The molecule has 1 aliphatic rings. The minimum atomic E-state index is 0.434. The van der Waals surface area contributed by atoms with Gasteiger partial charge in [-0.15, -0.1) is 0 Å². The number of rotatable bonds is 7. The predicted molar refractivity (Wildman–Crippen MR) is 68.2 cm³/mol. The van der Waals surface area contributed by atoms with E-state index in [2.05, 4.69) is 22.4 Å². The van der Waals surface area contributed by atoms with Gasteiger partial charge in [-0.2, -0.15) is 4.98 Å². The minimum absolute atomic E-state index is 0.434. The maximum atomic E-state index is 5.58. The van der Waals surface area contributed by atoms with E-state index in [4.69, 9.17) is 9.26 Å². The van der Waals surface area contributed by atoms with Gasteiger partial charge in [0.05, 0.1) is 0 Å². The number of nitrogens with zero attached hydrogens (tertiary/aromatic N) is 2. The van der Waals surface area contributed by atoms with Gasteiger partial charge in [0, 0.05) is 19.1 Å². The van der Waals surface area contributed by atoms with Gasteiger partial charge in [-0.1, -0.05) is 18.5 Å². The van der Waals surface area contributed by atoms with E-state index in [0.29, 0.717) is 18.5 Å². The molecule has 1 aliphatic heterocycles. The van der Waals surface area contributed by atoms with Crippen LogP contribution in [0.25, 0.3) is 0 Å². The van der Waals surface area contributed by atoms with E-state index in [1.165, 1.54) is 19.3 Å². The van der Waals surface area contributed by atoms with Crippen molar-refractivity contribution in [3.05, 3.63) is 11.7 Å². The number of piperidine rings is 1. The van der Waals surface area contributed by atoms with Crippen molar-refractivity contribution in [2.24, 2.45) is 0 Å². The predicted octanol–water partition coefficient (Wildman–Crippen LogP) is 2.07. The molecule has 1 N–H and O–H groups in total. The Labute approximate surface area is 108 Å². The lowest BCUT2D eigenvalue weighted by Gasteiger charge is -2.22. The van der Waals surface area contributed by atoms with Crippen LogP contribution in [0.2, 0.25) is 0 Å². The van der Waals surface area contributed by atoms with Gasteiger partial charge < -0.3 is 14.6 Å². The molecule has 1 fully saturated rings. The lowest BCUT2D eigenvalue weighted by atomic mass is 10.0. The van der Waals surface area contributed by atoms with Gasteiger partial charge in [0.1, 0.15) is 6.61 Å². The van der Waals surface area contributed by atoms with Crippen LogP contribution in [-0.4, -0.2) is 29.3 Å². The van der Waals surface area contributed by atoms with E-state index in [-0.39, 0.29) is 0 Å². The minimum Gasteiger partial charge on any atom is -0.372 e. The number of hydrogen-bond acceptors (Lipinski definition) is 5. The molecule has 0 spiro atoms. The zero-order chi connectivity index (χ0) is 12.6. The van der Waals surface area contributed by atoms with E-state index in [1.54, 1.807) is 0 Å². The Balaban J connectivity index is 1.59. The van der Waals surface area contributed by atoms with Gasteiger partial charge >= 0.3 is 0 Å². The summed E-state index contributed by atoms with van der Waals surface area (Å²) >= 11 is 0. The fraction of sp³-hybridized carbons (Fsp3) is 0.846. The van der Waals surface area contributed by atoms with Gasteiger partial charge in [0.2, 0.25) is 0 Å². The Kier molecular flexibility index (Phi) is 5.61. The summed E-state index contributed by atoms with van der Waals surface area (Å²) in [5, 5.41) is 7.40. The molecule has 5 heteroatoms. The molecular formula is C13H23N3O2. The number of aromatic nitrogens is 2. The zero-order valence-corrected chi connectivity index (χ0v) is 11.2. The summed E-state index contributed by atoms with van der Waals surface area (Å²) in [5.74, 6) is 1.38. The third-order valence-electron chi connectivity index (χ3n) is 3.23. The van der Waals surface area contributed by atoms with Crippen molar-refractivity contribution in [1.82, 2.24) is 15.5 Å². The SMILES string of the molecule is CCCc1noc(COCCC2CCCCN2)n1. The number of hydrogen-bond donors (Lipinski definition) is 1. The Hall–Kier alpha value is -0.940. The summed E-state index contributed by atoms with van der Waals surface area (Å²) in [5.41, 5.74) is 0. The number of nitrogens with one attached hydrogen (secondary N) is 1. The quantitative estimate of drug-likeness (QED) is 0.754. The largest absolute Gasteiger partial charge is 0.372 e. The second kappa shape index (κ2) is 7.48. The zero-order valence-electron chi connectivity index (χ0n) is 11.2. The van der Waals surface area contributed by atoms with E-state index >= 15 is 0 Å².